The van der Waals surface area contributed by atoms with E-state index in [2.05, 4.69) is 9.47 Å². The summed E-state index contributed by atoms with van der Waals surface area (Å²) in [6, 6.07) is 0. The molecule has 2 saturated heterocycles. The summed E-state index contributed by atoms with van der Waals surface area (Å²) >= 11 is 0. The van der Waals surface area contributed by atoms with Crippen molar-refractivity contribution in [3.05, 3.63) is 0 Å². The largest absolute Gasteiger partial charge is 1.00 e. The van der Waals surface area contributed by atoms with E-state index in [0.717, 1.165) is 0 Å². The second-order valence-corrected chi connectivity index (χ2v) is 7.07. The van der Waals surface area contributed by atoms with E-state index in [1.807, 2.05) is 0 Å². The van der Waals surface area contributed by atoms with Crippen LogP contribution in [0.15, 0.2) is 0 Å². The predicted molar refractivity (Wildman–Crippen MR) is 58.4 cm³/mol. The van der Waals surface area contributed by atoms with E-state index in [1.54, 1.807) is 0 Å². The molecule has 0 aliphatic carbocycles. The van der Waals surface area contributed by atoms with Gasteiger partial charge in [0, 0.05) is 0 Å². The smallest absolute Gasteiger partial charge is 0.747 e. The van der Waals surface area contributed by atoms with Gasteiger partial charge in [0.25, 0.3) is 0 Å². The maximum Gasteiger partial charge on any atom is 1.00 e. The Labute approximate surface area is 179 Å². The van der Waals surface area contributed by atoms with Gasteiger partial charge < -0.3 is 18.6 Å². The van der Waals surface area contributed by atoms with Gasteiger partial charge >= 0.3 is 83.0 Å². The van der Waals surface area contributed by atoms with Crippen molar-refractivity contribution in [1.82, 2.24) is 0 Å². The van der Waals surface area contributed by atoms with Crippen LogP contribution < -0.4 is 59.1 Å². The fourth-order valence-electron chi connectivity index (χ4n) is 1.35. The topological polar surface area (TPSA) is 201 Å². The molecule has 0 saturated carbocycles. The molecule has 2 atom stereocenters. The first-order valence-electron chi connectivity index (χ1n) is 5.21. The summed E-state index contributed by atoms with van der Waals surface area (Å²) in [6.45, 7) is 0. The molecular formula is C8H6Na2O12S2. The molecule has 12 nitrogen and oxygen atoms in total. The number of carbonyl (C=O) groups is 4. The van der Waals surface area contributed by atoms with E-state index in [4.69, 9.17) is 0 Å². The number of carbonyl (C=O) groups excluding carboxylic acids is 4. The SMILES string of the molecule is O=C1CC(S(=O)(=O)[O-])C(=O)O1.O=C1CC(S(=O)(=O)[O-])C(=O)O1.[Na+].[Na+]. The Morgan fingerprint density at radius 1 is 0.708 bits per heavy atom. The van der Waals surface area contributed by atoms with E-state index >= 15 is 0 Å². The Balaban J connectivity index is 0. The molecule has 2 unspecified atom stereocenters. The molecule has 2 rings (SSSR count). The van der Waals surface area contributed by atoms with Gasteiger partial charge in [0.05, 0.1) is 12.8 Å². The molecular weight excluding hydrogens is 398 g/mol. The molecule has 16 heteroatoms. The van der Waals surface area contributed by atoms with Gasteiger partial charge in [0.2, 0.25) is 0 Å². The fraction of sp³-hybridized carbons (Fsp3) is 0.500. The van der Waals surface area contributed by atoms with Crippen LogP contribution in [0.1, 0.15) is 12.8 Å². The van der Waals surface area contributed by atoms with Crippen LogP contribution in [0.25, 0.3) is 0 Å². The van der Waals surface area contributed by atoms with Crippen molar-refractivity contribution in [2.45, 2.75) is 23.3 Å². The summed E-state index contributed by atoms with van der Waals surface area (Å²) in [7, 11) is -9.46. The van der Waals surface area contributed by atoms with Gasteiger partial charge in [-0.15, -0.1) is 0 Å². The molecule has 0 N–H and O–H groups in total. The Morgan fingerprint density at radius 3 is 1.04 bits per heavy atom. The Morgan fingerprint density at radius 2 is 0.958 bits per heavy atom. The van der Waals surface area contributed by atoms with E-state index in [0.29, 0.717) is 0 Å². The summed E-state index contributed by atoms with van der Waals surface area (Å²) in [5.74, 6) is -4.49. The minimum atomic E-state index is -4.73. The van der Waals surface area contributed by atoms with Crippen LogP contribution in [0.2, 0.25) is 0 Å². The Kier molecular flexibility index (Phi) is 10.6. The third-order valence-corrected chi connectivity index (χ3v) is 4.47. The van der Waals surface area contributed by atoms with E-state index in [1.165, 1.54) is 0 Å². The average Bonchev–Trinajstić information content (AvgIpc) is 2.80. The summed E-state index contributed by atoms with van der Waals surface area (Å²) < 4.78 is 68.8. The number of hydrogen-bond donors (Lipinski definition) is 0. The number of ether oxygens (including phenoxy) is 2. The first-order valence-corrected chi connectivity index (χ1v) is 8.15. The summed E-state index contributed by atoms with van der Waals surface area (Å²) in [6.07, 6.45) is -1.32. The average molecular weight is 404 g/mol. The van der Waals surface area contributed by atoms with Gasteiger partial charge in [-0.05, 0) is 0 Å². The van der Waals surface area contributed by atoms with Crippen molar-refractivity contribution in [3.63, 3.8) is 0 Å². The molecule has 2 aliphatic rings. The molecule has 2 heterocycles. The minimum Gasteiger partial charge on any atom is -0.747 e. The van der Waals surface area contributed by atoms with Crippen molar-refractivity contribution >= 4 is 44.1 Å². The van der Waals surface area contributed by atoms with Crippen LogP contribution >= 0.6 is 0 Å². The third-order valence-electron chi connectivity index (χ3n) is 2.36. The van der Waals surface area contributed by atoms with Crippen LogP contribution in [-0.4, -0.2) is 60.3 Å². The molecule has 2 fully saturated rings. The fourth-order valence-corrected chi connectivity index (χ4v) is 2.60. The number of hydrogen-bond acceptors (Lipinski definition) is 12. The molecule has 0 radical (unpaired) electrons. The third kappa shape index (κ3) is 7.55. The van der Waals surface area contributed by atoms with Crippen LogP contribution in [0.5, 0.6) is 0 Å². The quantitative estimate of drug-likeness (QED) is 0.182. The molecule has 0 aromatic rings. The molecule has 0 bridgehead atoms. The van der Waals surface area contributed by atoms with Gasteiger partial charge in [-0.1, -0.05) is 0 Å². The second-order valence-electron chi connectivity index (χ2n) is 3.96. The zero-order chi connectivity index (χ0) is 17.3. The standard InChI is InChI=1S/2C4H4O6S.2Na/c2*5-3-1-2(4(6)10-3)11(7,8)9;;/h2*2H,1H2,(H,7,8,9);;/q;;2*+1/p-2. The Hall–Kier alpha value is 0.100. The van der Waals surface area contributed by atoms with Crippen molar-refractivity contribution in [3.8, 4) is 0 Å². The van der Waals surface area contributed by atoms with Gasteiger partial charge in [0.1, 0.15) is 20.2 Å². The van der Waals surface area contributed by atoms with E-state index in [9.17, 15) is 45.1 Å². The van der Waals surface area contributed by atoms with E-state index in [-0.39, 0.29) is 59.1 Å². The zero-order valence-corrected chi connectivity index (χ0v) is 17.9. The first kappa shape index (κ1) is 26.3. The van der Waals surface area contributed by atoms with Crippen LogP contribution in [0, 0.1) is 0 Å². The van der Waals surface area contributed by atoms with Crippen molar-refractivity contribution in [2.24, 2.45) is 0 Å². The van der Waals surface area contributed by atoms with Crippen molar-refractivity contribution < 1.29 is 114 Å². The number of esters is 4. The van der Waals surface area contributed by atoms with Crippen molar-refractivity contribution in [2.75, 3.05) is 0 Å². The molecule has 0 amide bonds. The Bertz CT molecular complexity index is 675. The van der Waals surface area contributed by atoms with Gasteiger partial charge in [-0.3, -0.25) is 19.2 Å². The molecule has 124 valence electrons. The zero-order valence-electron chi connectivity index (χ0n) is 12.3. The maximum absolute atomic E-state index is 10.4. The molecule has 0 aromatic carbocycles. The van der Waals surface area contributed by atoms with Crippen molar-refractivity contribution in [1.29, 1.82) is 0 Å². The van der Waals surface area contributed by atoms with Crippen LogP contribution in [0.3, 0.4) is 0 Å². The minimum absolute atomic E-state index is 0. The first-order chi connectivity index (χ1) is 9.82. The van der Waals surface area contributed by atoms with Crippen LogP contribution in [0.4, 0.5) is 0 Å². The molecule has 24 heavy (non-hydrogen) atoms. The number of rotatable bonds is 2. The monoisotopic (exact) mass is 404 g/mol. The van der Waals surface area contributed by atoms with E-state index < -0.39 is 67.5 Å². The number of cyclic esters (lactones) is 4. The summed E-state index contributed by atoms with van der Waals surface area (Å²) in [5.41, 5.74) is 0. The molecule has 0 spiro atoms. The summed E-state index contributed by atoms with van der Waals surface area (Å²) in [4.78, 5) is 41.3. The van der Waals surface area contributed by atoms with Gasteiger partial charge in [-0.2, -0.15) is 0 Å². The predicted octanol–water partition coefficient (Wildman–Crippen LogP) is -9.24. The second kappa shape index (κ2) is 9.70. The normalized spacial score (nSPS) is 23.2. The maximum atomic E-state index is 10.4. The molecule has 0 aromatic heterocycles. The van der Waals surface area contributed by atoms with Crippen LogP contribution in [-0.2, 0) is 48.9 Å². The van der Waals surface area contributed by atoms with Gasteiger partial charge in [0.15, 0.2) is 10.5 Å². The van der Waals surface area contributed by atoms with Gasteiger partial charge in [-0.25, -0.2) is 16.8 Å². The summed E-state index contributed by atoms with van der Waals surface area (Å²) in [5, 5.41) is -3.68. The molecule has 2 aliphatic heterocycles.